The molecule has 2 heterocycles. The quantitative estimate of drug-likeness (QED) is 0.885. The van der Waals surface area contributed by atoms with Crippen LogP contribution in [0.2, 0.25) is 0 Å². The Morgan fingerprint density at radius 2 is 2.05 bits per heavy atom. The number of amides is 1. The van der Waals surface area contributed by atoms with E-state index in [-0.39, 0.29) is 24.3 Å². The van der Waals surface area contributed by atoms with Gasteiger partial charge in [-0.05, 0) is 25.0 Å². The molecule has 1 aromatic heterocycles. The standard InChI is InChI=1S/C14H19NO5/c1-2-11-3-4-12(20-11)14(18)15(9-13(16)17)10-5-7-19-8-6-10/h3-4,10H,2,5-9H2,1H3,(H,16,17). The van der Waals surface area contributed by atoms with Gasteiger partial charge in [0, 0.05) is 25.7 Å². The van der Waals surface area contributed by atoms with E-state index in [1.807, 2.05) is 6.92 Å². The number of ether oxygens (including phenoxy) is 1. The van der Waals surface area contributed by atoms with E-state index < -0.39 is 5.97 Å². The maximum absolute atomic E-state index is 12.4. The summed E-state index contributed by atoms with van der Waals surface area (Å²) in [4.78, 5) is 24.8. The van der Waals surface area contributed by atoms with Crippen molar-refractivity contribution in [2.24, 2.45) is 0 Å². The first-order valence-electron chi connectivity index (χ1n) is 6.81. The van der Waals surface area contributed by atoms with Gasteiger partial charge in [-0.25, -0.2) is 0 Å². The summed E-state index contributed by atoms with van der Waals surface area (Å²) >= 11 is 0. The Kier molecular flexibility index (Phi) is 4.79. The Morgan fingerprint density at radius 3 is 2.60 bits per heavy atom. The van der Waals surface area contributed by atoms with Crippen molar-refractivity contribution in [3.8, 4) is 0 Å². The Labute approximate surface area is 117 Å². The number of aliphatic carboxylic acids is 1. The van der Waals surface area contributed by atoms with Gasteiger partial charge in [-0.3, -0.25) is 9.59 Å². The molecule has 0 bridgehead atoms. The van der Waals surface area contributed by atoms with Gasteiger partial charge in [0.1, 0.15) is 12.3 Å². The van der Waals surface area contributed by atoms with Crippen LogP contribution in [0, 0.1) is 0 Å². The minimum absolute atomic E-state index is 0.109. The lowest BCUT2D eigenvalue weighted by atomic mass is 10.1. The Balaban J connectivity index is 2.16. The number of rotatable bonds is 5. The van der Waals surface area contributed by atoms with E-state index >= 15 is 0 Å². The predicted octanol–water partition coefficient (Wildman–Crippen LogP) is 1.55. The van der Waals surface area contributed by atoms with Crippen LogP contribution in [0.3, 0.4) is 0 Å². The van der Waals surface area contributed by atoms with Crippen molar-refractivity contribution in [1.82, 2.24) is 4.90 Å². The third kappa shape index (κ3) is 3.39. The fourth-order valence-electron chi connectivity index (χ4n) is 2.33. The van der Waals surface area contributed by atoms with Gasteiger partial charge in [-0.15, -0.1) is 0 Å². The molecule has 0 radical (unpaired) electrons. The number of nitrogens with zero attached hydrogens (tertiary/aromatic N) is 1. The van der Waals surface area contributed by atoms with E-state index in [2.05, 4.69) is 0 Å². The van der Waals surface area contributed by atoms with Crippen molar-refractivity contribution < 1.29 is 23.8 Å². The number of carboxylic acids is 1. The van der Waals surface area contributed by atoms with Crippen molar-refractivity contribution in [2.45, 2.75) is 32.2 Å². The summed E-state index contributed by atoms with van der Waals surface area (Å²) in [5.41, 5.74) is 0. The first kappa shape index (κ1) is 14.6. The van der Waals surface area contributed by atoms with Crippen molar-refractivity contribution in [3.05, 3.63) is 23.7 Å². The Morgan fingerprint density at radius 1 is 1.35 bits per heavy atom. The third-order valence-corrected chi connectivity index (χ3v) is 3.42. The molecular formula is C14H19NO5. The summed E-state index contributed by atoms with van der Waals surface area (Å²) in [6.07, 6.45) is 2.00. The number of hydrogen-bond acceptors (Lipinski definition) is 4. The zero-order valence-electron chi connectivity index (χ0n) is 11.5. The molecule has 1 N–H and O–H groups in total. The number of hydrogen-bond donors (Lipinski definition) is 1. The molecule has 0 aromatic carbocycles. The smallest absolute Gasteiger partial charge is 0.323 e. The molecule has 0 aliphatic carbocycles. The summed E-state index contributed by atoms with van der Waals surface area (Å²) in [6.45, 7) is 2.71. The Hall–Kier alpha value is -1.82. The Bertz CT molecular complexity index is 476. The van der Waals surface area contributed by atoms with Crippen LogP contribution in [0.5, 0.6) is 0 Å². The van der Waals surface area contributed by atoms with Crippen LogP contribution >= 0.6 is 0 Å². The molecule has 1 aliphatic rings. The highest BCUT2D eigenvalue weighted by atomic mass is 16.5. The molecule has 0 unspecified atom stereocenters. The minimum Gasteiger partial charge on any atom is -0.480 e. The molecule has 0 spiro atoms. The molecule has 0 atom stereocenters. The van der Waals surface area contributed by atoms with Crippen molar-refractivity contribution >= 4 is 11.9 Å². The summed E-state index contributed by atoms with van der Waals surface area (Å²) < 4.78 is 10.7. The molecule has 110 valence electrons. The third-order valence-electron chi connectivity index (χ3n) is 3.42. The van der Waals surface area contributed by atoms with E-state index in [0.717, 1.165) is 5.76 Å². The molecule has 1 saturated heterocycles. The van der Waals surface area contributed by atoms with Crippen molar-refractivity contribution in [2.75, 3.05) is 19.8 Å². The predicted molar refractivity (Wildman–Crippen MR) is 70.6 cm³/mol. The van der Waals surface area contributed by atoms with Crippen LogP contribution in [0.4, 0.5) is 0 Å². The summed E-state index contributed by atoms with van der Waals surface area (Å²) in [5, 5.41) is 9.01. The van der Waals surface area contributed by atoms with Gasteiger partial charge < -0.3 is 19.2 Å². The molecular weight excluding hydrogens is 262 g/mol. The van der Waals surface area contributed by atoms with Crippen LogP contribution in [0.15, 0.2) is 16.5 Å². The summed E-state index contributed by atoms with van der Waals surface area (Å²) in [6, 6.07) is 3.24. The lowest BCUT2D eigenvalue weighted by molar-refractivity contribution is -0.138. The van der Waals surface area contributed by atoms with Gasteiger partial charge in [0.15, 0.2) is 5.76 Å². The molecule has 1 aromatic rings. The van der Waals surface area contributed by atoms with E-state index in [1.54, 1.807) is 12.1 Å². The lowest BCUT2D eigenvalue weighted by Gasteiger charge is -2.32. The van der Waals surface area contributed by atoms with E-state index in [1.165, 1.54) is 4.90 Å². The van der Waals surface area contributed by atoms with E-state index in [0.29, 0.717) is 32.5 Å². The second-order valence-corrected chi connectivity index (χ2v) is 4.79. The maximum Gasteiger partial charge on any atom is 0.323 e. The molecule has 0 saturated carbocycles. The first-order chi connectivity index (χ1) is 9.61. The number of carbonyl (C=O) groups excluding carboxylic acids is 1. The molecule has 1 amide bonds. The maximum atomic E-state index is 12.4. The van der Waals surface area contributed by atoms with Gasteiger partial charge in [-0.2, -0.15) is 0 Å². The lowest BCUT2D eigenvalue weighted by Crippen LogP contribution is -2.45. The van der Waals surface area contributed by atoms with Crippen LogP contribution in [0.25, 0.3) is 0 Å². The minimum atomic E-state index is -1.02. The number of carbonyl (C=O) groups is 2. The van der Waals surface area contributed by atoms with Crippen LogP contribution in [-0.4, -0.2) is 47.7 Å². The highest BCUT2D eigenvalue weighted by Crippen LogP contribution is 2.19. The number of carboxylic acid groups (broad SMARTS) is 1. The second-order valence-electron chi connectivity index (χ2n) is 4.79. The SMILES string of the molecule is CCc1ccc(C(=O)N(CC(=O)O)C2CCOCC2)o1. The monoisotopic (exact) mass is 281 g/mol. The largest absolute Gasteiger partial charge is 0.480 e. The number of aryl methyl sites for hydroxylation is 1. The van der Waals surface area contributed by atoms with E-state index in [9.17, 15) is 9.59 Å². The van der Waals surface area contributed by atoms with Gasteiger partial charge in [-0.1, -0.05) is 6.92 Å². The first-order valence-corrected chi connectivity index (χ1v) is 6.81. The van der Waals surface area contributed by atoms with Crippen molar-refractivity contribution in [3.63, 3.8) is 0 Å². The molecule has 1 aliphatic heterocycles. The second kappa shape index (κ2) is 6.56. The number of furan rings is 1. The fraction of sp³-hybridized carbons (Fsp3) is 0.571. The highest BCUT2D eigenvalue weighted by Gasteiger charge is 2.29. The van der Waals surface area contributed by atoms with Crippen molar-refractivity contribution in [1.29, 1.82) is 0 Å². The highest BCUT2D eigenvalue weighted by molar-refractivity contribution is 5.93. The van der Waals surface area contributed by atoms with Crippen LogP contribution in [0.1, 0.15) is 36.1 Å². The van der Waals surface area contributed by atoms with Crippen LogP contribution < -0.4 is 0 Å². The normalized spacial score (nSPS) is 16.1. The van der Waals surface area contributed by atoms with Gasteiger partial charge in [0.25, 0.3) is 5.91 Å². The molecule has 1 fully saturated rings. The summed E-state index contributed by atoms with van der Waals surface area (Å²) in [7, 11) is 0. The topological polar surface area (TPSA) is 80.0 Å². The van der Waals surface area contributed by atoms with Gasteiger partial charge in [0.05, 0.1) is 0 Å². The summed E-state index contributed by atoms with van der Waals surface area (Å²) in [5.74, 6) is -0.462. The zero-order chi connectivity index (χ0) is 14.5. The van der Waals surface area contributed by atoms with Gasteiger partial charge in [0.2, 0.25) is 0 Å². The van der Waals surface area contributed by atoms with Gasteiger partial charge >= 0.3 is 5.97 Å². The fourth-order valence-corrected chi connectivity index (χ4v) is 2.33. The van der Waals surface area contributed by atoms with Crippen LogP contribution in [-0.2, 0) is 16.0 Å². The molecule has 2 rings (SSSR count). The molecule has 20 heavy (non-hydrogen) atoms. The molecule has 6 nitrogen and oxygen atoms in total. The molecule has 6 heteroatoms. The average Bonchev–Trinajstić information content (AvgIpc) is 2.94. The zero-order valence-corrected chi connectivity index (χ0v) is 11.5. The van der Waals surface area contributed by atoms with E-state index in [4.69, 9.17) is 14.3 Å². The average molecular weight is 281 g/mol.